The van der Waals surface area contributed by atoms with Crippen LogP contribution in [-0.2, 0) is 11.3 Å². The number of carbonyl (C=O) groups excluding carboxylic acids is 2. The summed E-state index contributed by atoms with van der Waals surface area (Å²) in [5, 5.41) is 0.194. The number of hydrogen-bond acceptors (Lipinski definition) is 5. The first-order valence-electron chi connectivity index (χ1n) is 8.13. The van der Waals surface area contributed by atoms with E-state index in [1.165, 1.54) is 16.8 Å². The molecule has 0 unspecified atom stereocenters. The number of piperidine rings is 1. The quantitative estimate of drug-likeness (QED) is 0.770. The molecule has 9 nitrogen and oxygen atoms in total. The van der Waals surface area contributed by atoms with Gasteiger partial charge in [0.2, 0.25) is 5.91 Å². The molecule has 2 amide bonds. The van der Waals surface area contributed by atoms with Gasteiger partial charge in [0, 0.05) is 31.7 Å². The van der Waals surface area contributed by atoms with Crippen LogP contribution in [0.15, 0.2) is 21.9 Å². The summed E-state index contributed by atoms with van der Waals surface area (Å²) < 4.78 is 1.34. The van der Waals surface area contributed by atoms with Crippen molar-refractivity contribution in [3.8, 4) is 0 Å². The zero-order valence-electron chi connectivity index (χ0n) is 13.8. The van der Waals surface area contributed by atoms with Crippen LogP contribution in [0.25, 0.3) is 11.0 Å². The van der Waals surface area contributed by atoms with E-state index >= 15 is 0 Å². The Morgan fingerprint density at radius 2 is 2.00 bits per heavy atom. The van der Waals surface area contributed by atoms with Crippen LogP contribution < -0.4 is 17.0 Å². The van der Waals surface area contributed by atoms with Crippen LogP contribution in [-0.4, -0.2) is 44.3 Å². The largest absolute Gasteiger partial charge is 0.369 e. The van der Waals surface area contributed by atoms with Gasteiger partial charge >= 0.3 is 5.69 Å². The Morgan fingerprint density at radius 1 is 1.32 bits per heavy atom. The zero-order chi connectivity index (χ0) is 18.1. The summed E-state index contributed by atoms with van der Waals surface area (Å²) in [6.45, 7) is 2.97. The summed E-state index contributed by atoms with van der Waals surface area (Å²) in [4.78, 5) is 55.7. The van der Waals surface area contributed by atoms with Crippen molar-refractivity contribution in [3.05, 3.63) is 38.7 Å². The second kappa shape index (κ2) is 6.50. The van der Waals surface area contributed by atoms with Crippen molar-refractivity contribution in [2.45, 2.75) is 26.3 Å². The van der Waals surface area contributed by atoms with Gasteiger partial charge in [-0.2, -0.15) is 0 Å². The summed E-state index contributed by atoms with van der Waals surface area (Å²) >= 11 is 0. The van der Waals surface area contributed by atoms with Crippen LogP contribution in [0.3, 0.4) is 0 Å². The van der Waals surface area contributed by atoms with Gasteiger partial charge < -0.3 is 10.6 Å². The Bertz CT molecular complexity index is 953. The molecule has 3 N–H and O–H groups in total. The molecule has 2 aromatic heterocycles. The number of nitrogens with one attached hydrogen (secondary N) is 1. The monoisotopic (exact) mass is 345 g/mol. The average molecular weight is 345 g/mol. The molecule has 0 atom stereocenters. The second-order valence-corrected chi connectivity index (χ2v) is 6.07. The van der Waals surface area contributed by atoms with Crippen LogP contribution in [0, 0.1) is 5.92 Å². The Hall–Kier alpha value is -2.97. The van der Waals surface area contributed by atoms with Crippen LogP contribution in [0.5, 0.6) is 0 Å². The SMILES string of the molecule is CCn1c(=O)[nH]c(=O)c2cc(C(=O)N3CCC(C(N)=O)CC3)cnc21. The summed E-state index contributed by atoms with van der Waals surface area (Å²) in [5.74, 6) is -0.810. The molecule has 1 fully saturated rings. The molecule has 3 rings (SSSR count). The highest BCUT2D eigenvalue weighted by Crippen LogP contribution is 2.19. The lowest BCUT2D eigenvalue weighted by Crippen LogP contribution is -2.41. The molecule has 1 saturated heterocycles. The highest BCUT2D eigenvalue weighted by molar-refractivity contribution is 5.96. The first-order chi connectivity index (χ1) is 11.9. The predicted molar refractivity (Wildman–Crippen MR) is 90.1 cm³/mol. The normalized spacial score (nSPS) is 15.5. The number of fused-ring (bicyclic) bond motifs is 1. The smallest absolute Gasteiger partial charge is 0.329 e. The van der Waals surface area contributed by atoms with Crippen LogP contribution in [0.4, 0.5) is 0 Å². The summed E-state index contributed by atoms with van der Waals surface area (Å²) in [6.07, 6.45) is 2.42. The van der Waals surface area contributed by atoms with Crippen molar-refractivity contribution in [1.82, 2.24) is 19.4 Å². The van der Waals surface area contributed by atoms with E-state index in [1.807, 2.05) is 0 Å². The fourth-order valence-electron chi connectivity index (χ4n) is 3.13. The van der Waals surface area contributed by atoms with E-state index < -0.39 is 11.2 Å². The second-order valence-electron chi connectivity index (χ2n) is 6.07. The molecule has 25 heavy (non-hydrogen) atoms. The molecule has 132 valence electrons. The minimum atomic E-state index is -0.570. The maximum Gasteiger partial charge on any atom is 0.329 e. The lowest BCUT2D eigenvalue weighted by Gasteiger charge is -2.30. The van der Waals surface area contributed by atoms with Crippen LogP contribution in [0.1, 0.15) is 30.1 Å². The van der Waals surface area contributed by atoms with Crippen molar-refractivity contribution in [3.63, 3.8) is 0 Å². The number of pyridine rings is 1. The molecule has 3 heterocycles. The number of primary amides is 1. The minimum absolute atomic E-state index is 0.194. The number of nitrogens with two attached hydrogens (primary N) is 1. The average Bonchev–Trinajstić information content (AvgIpc) is 2.61. The Labute approximate surface area is 142 Å². The van der Waals surface area contributed by atoms with Crippen molar-refractivity contribution >= 4 is 22.8 Å². The molecular formula is C16H19N5O4. The number of H-pyrrole nitrogens is 1. The number of aromatic nitrogens is 3. The number of rotatable bonds is 3. The van der Waals surface area contributed by atoms with Gasteiger partial charge in [-0.25, -0.2) is 9.78 Å². The van der Waals surface area contributed by atoms with Crippen molar-refractivity contribution in [2.24, 2.45) is 11.7 Å². The molecule has 0 spiro atoms. The summed E-state index contributed by atoms with van der Waals surface area (Å²) in [7, 11) is 0. The van der Waals surface area contributed by atoms with E-state index in [0.717, 1.165) is 0 Å². The van der Waals surface area contributed by atoms with Crippen LogP contribution >= 0.6 is 0 Å². The summed E-state index contributed by atoms with van der Waals surface area (Å²) in [6, 6.07) is 1.45. The predicted octanol–water partition coefficient (Wildman–Crippen LogP) is -0.558. The number of hydrogen-bond donors (Lipinski definition) is 2. The van der Waals surface area contributed by atoms with E-state index in [4.69, 9.17) is 5.73 Å². The maximum absolute atomic E-state index is 12.6. The van der Waals surface area contributed by atoms with E-state index in [9.17, 15) is 19.2 Å². The van der Waals surface area contributed by atoms with E-state index in [2.05, 4.69) is 9.97 Å². The molecule has 2 aromatic rings. The minimum Gasteiger partial charge on any atom is -0.369 e. The zero-order valence-corrected chi connectivity index (χ0v) is 13.8. The number of aryl methyl sites for hydroxylation is 1. The number of carbonyl (C=O) groups is 2. The Kier molecular flexibility index (Phi) is 4.39. The molecule has 0 radical (unpaired) electrons. The molecular weight excluding hydrogens is 326 g/mol. The molecule has 0 aliphatic carbocycles. The Balaban J connectivity index is 1.92. The van der Waals surface area contributed by atoms with E-state index in [0.29, 0.717) is 32.5 Å². The van der Waals surface area contributed by atoms with Gasteiger partial charge in [-0.3, -0.25) is 23.9 Å². The number of aromatic amines is 1. The highest BCUT2D eigenvalue weighted by Gasteiger charge is 2.27. The highest BCUT2D eigenvalue weighted by atomic mass is 16.2. The number of likely N-dealkylation sites (tertiary alicyclic amines) is 1. The first-order valence-corrected chi connectivity index (χ1v) is 8.13. The summed E-state index contributed by atoms with van der Waals surface area (Å²) in [5.41, 5.74) is 4.73. The van der Waals surface area contributed by atoms with Gasteiger partial charge in [0.15, 0.2) is 0 Å². The van der Waals surface area contributed by atoms with Crippen molar-refractivity contribution < 1.29 is 9.59 Å². The molecule has 0 bridgehead atoms. The van der Waals surface area contributed by atoms with Crippen molar-refractivity contribution in [2.75, 3.05) is 13.1 Å². The van der Waals surface area contributed by atoms with Gasteiger partial charge in [0.1, 0.15) is 5.65 Å². The van der Waals surface area contributed by atoms with Gasteiger partial charge in [-0.1, -0.05) is 0 Å². The van der Waals surface area contributed by atoms with Gasteiger partial charge in [-0.15, -0.1) is 0 Å². The first kappa shape index (κ1) is 16.9. The van der Waals surface area contributed by atoms with Gasteiger partial charge in [0.05, 0.1) is 10.9 Å². The third-order valence-electron chi connectivity index (χ3n) is 4.58. The molecule has 0 aromatic carbocycles. The Morgan fingerprint density at radius 3 is 2.60 bits per heavy atom. The van der Waals surface area contributed by atoms with Crippen LogP contribution in [0.2, 0.25) is 0 Å². The number of amides is 2. The van der Waals surface area contributed by atoms with E-state index in [1.54, 1.807) is 11.8 Å². The van der Waals surface area contributed by atoms with Crippen molar-refractivity contribution in [1.29, 1.82) is 0 Å². The third kappa shape index (κ3) is 3.04. The molecule has 1 aliphatic heterocycles. The topological polar surface area (TPSA) is 131 Å². The standard InChI is InChI=1S/C16H19N5O4/c1-2-21-13-11(14(23)19-16(21)25)7-10(8-18-13)15(24)20-5-3-9(4-6-20)12(17)22/h7-9H,2-6H2,1H3,(H2,17,22)(H,19,23,25). The van der Waals surface area contributed by atoms with Gasteiger partial charge in [-0.05, 0) is 25.8 Å². The maximum atomic E-state index is 12.6. The third-order valence-corrected chi connectivity index (χ3v) is 4.58. The fourth-order valence-corrected chi connectivity index (χ4v) is 3.13. The fraction of sp³-hybridized carbons (Fsp3) is 0.438. The van der Waals surface area contributed by atoms with Gasteiger partial charge in [0.25, 0.3) is 11.5 Å². The van der Waals surface area contributed by atoms with E-state index in [-0.39, 0.29) is 34.3 Å². The molecule has 9 heteroatoms. The lowest BCUT2D eigenvalue weighted by molar-refractivity contribution is -0.123. The number of nitrogens with zero attached hydrogens (tertiary/aromatic N) is 3. The molecule has 1 aliphatic rings. The lowest BCUT2D eigenvalue weighted by atomic mass is 9.96. The molecule has 0 saturated carbocycles.